The van der Waals surface area contributed by atoms with Gasteiger partial charge in [0.1, 0.15) is 5.75 Å². The first-order valence-electron chi connectivity index (χ1n) is 7.17. The number of benzene rings is 1. The number of ether oxygens (including phenoxy) is 1. The first-order chi connectivity index (χ1) is 9.58. The van der Waals surface area contributed by atoms with Gasteiger partial charge < -0.3 is 9.84 Å². The van der Waals surface area contributed by atoms with Crippen molar-refractivity contribution in [2.24, 2.45) is 11.8 Å². The highest BCUT2D eigenvalue weighted by Gasteiger charge is 2.32. The molecule has 1 aliphatic carbocycles. The van der Waals surface area contributed by atoms with Crippen molar-refractivity contribution < 1.29 is 14.6 Å². The Balaban J connectivity index is 2.37. The summed E-state index contributed by atoms with van der Waals surface area (Å²) in [7, 11) is 1.66. The quantitative estimate of drug-likeness (QED) is 0.903. The van der Waals surface area contributed by atoms with Crippen LogP contribution in [0.3, 0.4) is 0 Å². The normalized spacial score (nSPS) is 22.8. The molecule has 0 heterocycles. The van der Waals surface area contributed by atoms with Gasteiger partial charge in [0, 0.05) is 0 Å². The van der Waals surface area contributed by atoms with Crippen LogP contribution < -0.4 is 4.74 Å². The second-order valence-corrected chi connectivity index (χ2v) is 5.36. The van der Waals surface area contributed by atoms with E-state index in [-0.39, 0.29) is 11.8 Å². The summed E-state index contributed by atoms with van der Waals surface area (Å²) in [6.45, 7) is 4.15. The van der Waals surface area contributed by atoms with E-state index in [1.165, 1.54) is 16.7 Å². The zero-order chi connectivity index (χ0) is 14.7. The zero-order valence-corrected chi connectivity index (χ0v) is 12.3. The maximum absolute atomic E-state index is 11.3. The van der Waals surface area contributed by atoms with E-state index in [4.69, 9.17) is 4.74 Å². The van der Waals surface area contributed by atoms with Crippen LogP contribution in [0.1, 0.15) is 38.7 Å². The van der Waals surface area contributed by atoms with Gasteiger partial charge in [0.2, 0.25) is 0 Å². The molecule has 0 aliphatic heterocycles. The van der Waals surface area contributed by atoms with E-state index >= 15 is 0 Å². The molecule has 1 N–H and O–H groups in total. The smallest absolute Gasteiger partial charge is 0.307 e. The minimum Gasteiger partial charge on any atom is -0.497 e. The molecule has 0 saturated heterocycles. The molecular weight excluding hydrogens is 252 g/mol. The number of aliphatic carboxylic acids is 1. The van der Waals surface area contributed by atoms with Gasteiger partial charge in [-0.15, -0.1) is 0 Å². The summed E-state index contributed by atoms with van der Waals surface area (Å²) >= 11 is 0. The number of carboxylic acids is 1. The third-order valence-electron chi connectivity index (χ3n) is 4.38. The fraction of sp³-hybridized carbons (Fsp3) is 0.471. The van der Waals surface area contributed by atoms with Crippen molar-refractivity contribution in [2.45, 2.75) is 33.1 Å². The predicted molar refractivity (Wildman–Crippen MR) is 79.7 cm³/mol. The van der Waals surface area contributed by atoms with Crippen molar-refractivity contribution in [3.8, 4) is 5.75 Å². The largest absolute Gasteiger partial charge is 0.497 e. The Kier molecular flexibility index (Phi) is 4.48. The first kappa shape index (κ1) is 14.6. The predicted octanol–water partition coefficient (Wildman–Crippen LogP) is 3.99. The summed E-state index contributed by atoms with van der Waals surface area (Å²) in [6.07, 6.45) is 2.48. The summed E-state index contributed by atoms with van der Waals surface area (Å²) in [6, 6.07) is 8.06. The number of rotatable bonds is 4. The molecule has 0 radical (unpaired) electrons. The van der Waals surface area contributed by atoms with E-state index in [0.29, 0.717) is 0 Å². The highest BCUT2D eigenvalue weighted by atomic mass is 16.5. The van der Waals surface area contributed by atoms with Gasteiger partial charge >= 0.3 is 5.97 Å². The Morgan fingerprint density at radius 2 is 2.00 bits per heavy atom. The molecule has 0 bridgehead atoms. The molecule has 0 unspecified atom stereocenters. The molecule has 2 rings (SSSR count). The Hall–Kier alpha value is -1.77. The van der Waals surface area contributed by atoms with E-state index < -0.39 is 5.97 Å². The standard InChI is InChI=1S/C17H22O3/c1-4-14-11(2)15(17(18)19)9-10-16(14)12-5-7-13(20-3)8-6-12/h5-8,11,15H,4,9-10H2,1-3H3,(H,18,19)/t11-,15-/m1/s1. The van der Waals surface area contributed by atoms with Crippen LogP contribution in [-0.2, 0) is 4.79 Å². The van der Waals surface area contributed by atoms with Crippen molar-refractivity contribution in [3.05, 3.63) is 35.4 Å². The van der Waals surface area contributed by atoms with Crippen molar-refractivity contribution >= 4 is 11.5 Å². The van der Waals surface area contributed by atoms with Crippen LogP contribution in [0, 0.1) is 11.8 Å². The number of methoxy groups -OCH3 is 1. The van der Waals surface area contributed by atoms with Crippen molar-refractivity contribution in [1.29, 1.82) is 0 Å². The Labute approximate surface area is 120 Å². The van der Waals surface area contributed by atoms with Crippen LogP contribution in [0.2, 0.25) is 0 Å². The second kappa shape index (κ2) is 6.12. The second-order valence-electron chi connectivity index (χ2n) is 5.36. The zero-order valence-electron chi connectivity index (χ0n) is 12.3. The van der Waals surface area contributed by atoms with E-state index in [2.05, 4.69) is 19.1 Å². The van der Waals surface area contributed by atoms with Crippen molar-refractivity contribution in [1.82, 2.24) is 0 Å². The summed E-state index contributed by atoms with van der Waals surface area (Å²) in [5, 5.41) is 9.31. The highest BCUT2D eigenvalue weighted by Crippen LogP contribution is 2.41. The molecule has 3 heteroatoms. The minimum absolute atomic E-state index is 0.114. The third kappa shape index (κ3) is 2.72. The Bertz CT molecular complexity index is 514. The highest BCUT2D eigenvalue weighted by molar-refractivity contribution is 5.76. The molecule has 1 aromatic rings. The number of hydrogen-bond donors (Lipinski definition) is 1. The molecule has 0 aromatic heterocycles. The number of carboxylic acid groups (broad SMARTS) is 1. The summed E-state index contributed by atoms with van der Waals surface area (Å²) < 4.78 is 5.19. The summed E-state index contributed by atoms with van der Waals surface area (Å²) in [5.41, 5.74) is 3.80. The van der Waals surface area contributed by atoms with E-state index in [9.17, 15) is 9.90 Å². The topological polar surface area (TPSA) is 46.5 Å². The number of hydrogen-bond acceptors (Lipinski definition) is 2. The third-order valence-corrected chi connectivity index (χ3v) is 4.38. The number of allylic oxidation sites excluding steroid dienone is 2. The van der Waals surface area contributed by atoms with Crippen LogP contribution in [0.25, 0.3) is 5.57 Å². The lowest BCUT2D eigenvalue weighted by atomic mass is 9.73. The first-order valence-corrected chi connectivity index (χ1v) is 7.17. The summed E-state index contributed by atoms with van der Waals surface area (Å²) in [4.78, 5) is 11.3. The van der Waals surface area contributed by atoms with Gasteiger partial charge in [0.25, 0.3) is 0 Å². The SMILES string of the molecule is CCC1=C(c2ccc(OC)cc2)CC[C@@H](C(=O)O)[C@@H]1C. The lowest BCUT2D eigenvalue weighted by molar-refractivity contribution is -0.143. The van der Waals surface area contributed by atoms with Crippen molar-refractivity contribution in [3.63, 3.8) is 0 Å². The maximum Gasteiger partial charge on any atom is 0.307 e. The molecule has 108 valence electrons. The van der Waals surface area contributed by atoms with Crippen molar-refractivity contribution in [2.75, 3.05) is 7.11 Å². The van der Waals surface area contributed by atoms with Crippen LogP contribution in [0.5, 0.6) is 5.75 Å². The molecule has 20 heavy (non-hydrogen) atoms. The Morgan fingerprint density at radius 3 is 2.50 bits per heavy atom. The van der Waals surface area contributed by atoms with E-state index in [0.717, 1.165) is 25.0 Å². The monoisotopic (exact) mass is 274 g/mol. The van der Waals surface area contributed by atoms with Crippen LogP contribution in [0.4, 0.5) is 0 Å². The molecule has 3 nitrogen and oxygen atoms in total. The van der Waals surface area contributed by atoms with Gasteiger partial charge in [-0.3, -0.25) is 4.79 Å². The molecular formula is C17H22O3. The lowest BCUT2D eigenvalue weighted by Crippen LogP contribution is -2.27. The van der Waals surface area contributed by atoms with Crippen LogP contribution in [-0.4, -0.2) is 18.2 Å². The number of carbonyl (C=O) groups is 1. The van der Waals surface area contributed by atoms with E-state index in [1.807, 2.05) is 19.1 Å². The molecule has 0 fully saturated rings. The molecule has 0 spiro atoms. The summed E-state index contributed by atoms with van der Waals surface area (Å²) in [5.74, 6) is 0.0483. The van der Waals surface area contributed by atoms with Crippen LogP contribution >= 0.6 is 0 Å². The van der Waals surface area contributed by atoms with Gasteiger partial charge in [-0.05, 0) is 48.4 Å². The van der Waals surface area contributed by atoms with Crippen LogP contribution in [0.15, 0.2) is 29.8 Å². The van der Waals surface area contributed by atoms with Gasteiger partial charge in [-0.2, -0.15) is 0 Å². The maximum atomic E-state index is 11.3. The van der Waals surface area contributed by atoms with Gasteiger partial charge in [0.15, 0.2) is 0 Å². The fourth-order valence-corrected chi connectivity index (χ4v) is 3.22. The Morgan fingerprint density at radius 1 is 1.35 bits per heavy atom. The molecule has 1 aliphatic rings. The van der Waals surface area contributed by atoms with Gasteiger partial charge in [-0.25, -0.2) is 0 Å². The van der Waals surface area contributed by atoms with Gasteiger partial charge in [-0.1, -0.05) is 31.6 Å². The average molecular weight is 274 g/mol. The molecule has 1 aromatic carbocycles. The average Bonchev–Trinajstić information content (AvgIpc) is 2.46. The van der Waals surface area contributed by atoms with E-state index in [1.54, 1.807) is 7.11 Å². The minimum atomic E-state index is -0.669. The van der Waals surface area contributed by atoms with Gasteiger partial charge in [0.05, 0.1) is 13.0 Å². The fourth-order valence-electron chi connectivity index (χ4n) is 3.22. The molecule has 2 atom stereocenters. The molecule has 0 amide bonds. The lowest BCUT2D eigenvalue weighted by Gasteiger charge is -2.31. The molecule has 0 saturated carbocycles.